The number of H-pyrrole nitrogens is 1. The highest BCUT2D eigenvalue weighted by Crippen LogP contribution is 2.01. The third-order valence-electron chi connectivity index (χ3n) is 3.34. The van der Waals surface area contributed by atoms with Crippen molar-refractivity contribution in [2.75, 3.05) is 32.7 Å². The SMILES string of the molecule is Cc1[nH]c(=O)n(CCN2CCNCC2)c1C. The second-order valence-corrected chi connectivity index (χ2v) is 4.38. The highest BCUT2D eigenvalue weighted by Gasteiger charge is 2.11. The van der Waals surface area contributed by atoms with Gasteiger partial charge < -0.3 is 10.3 Å². The summed E-state index contributed by atoms with van der Waals surface area (Å²) in [5.41, 5.74) is 2.05. The molecule has 0 radical (unpaired) electrons. The lowest BCUT2D eigenvalue weighted by Crippen LogP contribution is -2.45. The van der Waals surface area contributed by atoms with E-state index in [4.69, 9.17) is 0 Å². The topological polar surface area (TPSA) is 53.1 Å². The summed E-state index contributed by atoms with van der Waals surface area (Å²) in [6.45, 7) is 9.95. The van der Waals surface area contributed by atoms with Gasteiger partial charge in [-0.05, 0) is 13.8 Å². The molecule has 1 saturated heterocycles. The Morgan fingerprint density at radius 2 is 1.88 bits per heavy atom. The molecule has 1 aliphatic heterocycles. The zero-order chi connectivity index (χ0) is 11.5. The van der Waals surface area contributed by atoms with Crippen LogP contribution in [0.5, 0.6) is 0 Å². The molecule has 0 unspecified atom stereocenters. The molecule has 2 N–H and O–H groups in total. The van der Waals surface area contributed by atoms with Gasteiger partial charge in [0.25, 0.3) is 0 Å². The fourth-order valence-corrected chi connectivity index (χ4v) is 2.12. The van der Waals surface area contributed by atoms with E-state index in [1.54, 1.807) is 0 Å². The second kappa shape index (κ2) is 4.84. The first-order valence-corrected chi connectivity index (χ1v) is 5.87. The lowest BCUT2D eigenvalue weighted by atomic mass is 10.3. The molecule has 0 atom stereocenters. The molecule has 0 amide bonds. The van der Waals surface area contributed by atoms with Crippen molar-refractivity contribution in [1.29, 1.82) is 0 Å². The number of hydrogen-bond acceptors (Lipinski definition) is 3. The lowest BCUT2D eigenvalue weighted by Gasteiger charge is -2.27. The number of aromatic nitrogens is 2. The van der Waals surface area contributed by atoms with Gasteiger partial charge in [0.05, 0.1) is 0 Å². The van der Waals surface area contributed by atoms with Crippen LogP contribution in [0.2, 0.25) is 0 Å². The van der Waals surface area contributed by atoms with Crippen LogP contribution in [0, 0.1) is 13.8 Å². The number of rotatable bonds is 3. The Morgan fingerprint density at radius 1 is 1.19 bits per heavy atom. The minimum absolute atomic E-state index is 0.0186. The van der Waals surface area contributed by atoms with E-state index >= 15 is 0 Å². The number of aryl methyl sites for hydroxylation is 1. The Morgan fingerprint density at radius 3 is 2.44 bits per heavy atom. The molecule has 5 heteroatoms. The van der Waals surface area contributed by atoms with Crippen LogP contribution in [0.4, 0.5) is 0 Å². The molecule has 0 aromatic carbocycles. The van der Waals surface area contributed by atoms with Crippen LogP contribution in [-0.2, 0) is 6.54 Å². The summed E-state index contributed by atoms with van der Waals surface area (Å²) in [7, 11) is 0. The maximum Gasteiger partial charge on any atom is 0.325 e. The number of piperazine rings is 1. The van der Waals surface area contributed by atoms with Gasteiger partial charge in [-0.2, -0.15) is 0 Å². The van der Waals surface area contributed by atoms with Crippen molar-refractivity contribution in [2.45, 2.75) is 20.4 Å². The second-order valence-electron chi connectivity index (χ2n) is 4.38. The van der Waals surface area contributed by atoms with Crippen LogP contribution in [0.25, 0.3) is 0 Å². The molecule has 1 aromatic heterocycles. The van der Waals surface area contributed by atoms with Crippen LogP contribution in [0.15, 0.2) is 4.79 Å². The number of aromatic amines is 1. The van der Waals surface area contributed by atoms with Crippen molar-refractivity contribution in [3.8, 4) is 0 Å². The molecule has 1 aromatic rings. The third-order valence-corrected chi connectivity index (χ3v) is 3.34. The summed E-state index contributed by atoms with van der Waals surface area (Å²) >= 11 is 0. The van der Waals surface area contributed by atoms with E-state index in [0.717, 1.165) is 50.7 Å². The minimum atomic E-state index is 0.0186. The van der Waals surface area contributed by atoms with Crippen molar-refractivity contribution in [3.05, 3.63) is 21.9 Å². The zero-order valence-corrected chi connectivity index (χ0v) is 10.0. The standard InChI is InChI=1S/C11H20N4O/c1-9-10(2)15(11(16)13-9)8-7-14-5-3-12-4-6-14/h12H,3-8H2,1-2H3,(H,13,16). The van der Waals surface area contributed by atoms with Crippen molar-refractivity contribution >= 4 is 0 Å². The van der Waals surface area contributed by atoms with E-state index < -0.39 is 0 Å². The molecule has 1 aliphatic rings. The van der Waals surface area contributed by atoms with Crippen molar-refractivity contribution in [3.63, 3.8) is 0 Å². The van der Waals surface area contributed by atoms with E-state index in [2.05, 4.69) is 15.2 Å². The summed E-state index contributed by atoms with van der Waals surface area (Å²) < 4.78 is 1.83. The zero-order valence-electron chi connectivity index (χ0n) is 10.0. The predicted octanol–water partition coefficient (Wildman–Crippen LogP) is -0.302. The van der Waals surface area contributed by atoms with Crippen LogP contribution in [0.3, 0.4) is 0 Å². The maximum absolute atomic E-state index is 11.6. The molecule has 0 saturated carbocycles. The molecule has 1 fully saturated rings. The van der Waals surface area contributed by atoms with Crippen LogP contribution in [-0.4, -0.2) is 47.2 Å². The minimum Gasteiger partial charge on any atom is -0.314 e. The van der Waals surface area contributed by atoms with Gasteiger partial charge in [0.1, 0.15) is 0 Å². The maximum atomic E-state index is 11.6. The Kier molecular flexibility index (Phi) is 3.46. The average Bonchev–Trinajstić information content (AvgIpc) is 2.53. The molecule has 90 valence electrons. The monoisotopic (exact) mass is 224 g/mol. The highest BCUT2D eigenvalue weighted by atomic mass is 16.1. The molecule has 16 heavy (non-hydrogen) atoms. The number of nitrogens with zero attached hydrogens (tertiary/aromatic N) is 2. The van der Waals surface area contributed by atoms with Gasteiger partial charge in [0.2, 0.25) is 0 Å². The van der Waals surface area contributed by atoms with Gasteiger partial charge in [-0.25, -0.2) is 4.79 Å². The summed E-state index contributed by atoms with van der Waals surface area (Å²) in [5, 5.41) is 3.32. The van der Waals surface area contributed by atoms with E-state index in [1.165, 1.54) is 0 Å². The first-order valence-electron chi connectivity index (χ1n) is 5.87. The van der Waals surface area contributed by atoms with Crippen LogP contribution >= 0.6 is 0 Å². The molecular formula is C11H20N4O. The smallest absolute Gasteiger partial charge is 0.314 e. The number of nitrogens with one attached hydrogen (secondary N) is 2. The third kappa shape index (κ3) is 2.36. The van der Waals surface area contributed by atoms with Crippen LogP contribution in [0.1, 0.15) is 11.4 Å². The first-order chi connectivity index (χ1) is 7.68. The van der Waals surface area contributed by atoms with E-state index in [-0.39, 0.29) is 5.69 Å². The average molecular weight is 224 g/mol. The number of imidazole rings is 1. The highest BCUT2D eigenvalue weighted by molar-refractivity contribution is 5.08. The summed E-state index contributed by atoms with van der Waals surface area (Å²) in [6, 6.07) is 0. The van der Waals surface area contributed by atoms with Gasteiger partial charge >= 0.3 is 5.69 Å². The molecule has 0 spiro atoms. The molecule has 5 nitrogen and oxygen atoms in total. The van der Waals surface area contributed by atoms with E-state index in [0.29, 0.717) is 0 Å². The predicted molar refractivity (Wildman–Crippen MR) is 63.8 cm³/mol. The lowest BCUT2D eigenvalue weighted by molar-refractivity contribution is 0.231. The fourth-order valence-electron chi connectivity index (χ4n) is 2.12. The molecule has 0 aliphatic carbocycles. The summed E-state index contributed by atoms with van der Waals surface area (Å²) in [5.74, 6) is 0. The summed E-state index contributed by atoms with van der Waals surface area (Å²) in [4.78, 5) is 16.8. The molecule has 2 heterocycles. The largest absolute Gasteiger partial charge is 0.325 e. The Balaban J connectivity index is 1.96. The molecule has 2 rings (SSSR count). The first kappa shape index (κ1) is 11.4. The number of hydrogen-bond donors (Lipinski definition) is 2. The fraction of sp³-hybridized carbons (Fsp3) is 0.727. The Labute approximate surface area is 95.5 Å². The van der Waals surface area contributed by atoms with Crippen molar-refractivity contribution in [1.82, 2.24) is 19.8 Å². The Hall–Kier alpha value is -1.07. The van der Waals surface area contributed by atoms with E-state index in [9.17, 15) is 4.79 Å². The van der Waals surface area contributed by atoms with Gasteiger partial charge in [-0.1, -0.05) is 0 Å². The van der Waals surface area contributed by atoms with E-state index in [1.807, 2.05) is 18.4 Å². The quantitative estimate of drug-likeness (QED) is 0.741. The van der Waals surface area contributed by atoms with Gasteiger partial charge in [-0.3, -0.25) is 9.47 Å². The van der Waals surface area contributed by atoms with Crippen molar-refractivity contribution in [2.24, 2.45) is 0 Å². The van der Waals surface area contributed by atoms with Crippen LogP contribution < -0.4 is 11.0 Å². The van der Waals surface area contributed by atoms with Crippen molar-refractivity contribution < 1.29 is 0 Å². The van der Waals surface area contributed by atoms with Gasteiger partial charge in [0.15, 0.2) is 0 Å². The molecular weight excluding hydrogens is 204 g/mol. The molecule has 0 bridgehead atoms. The normalized spacial score (nSPS) is 17.9. The Bertz CT molecular complexity index is 401. The van der Waals surface area contributed by atoms with Gasteiger partial charge in [0, 0.05) is 50.7 Å². The summed E-state index contributed by atoms with van der Waals surface area (Å²) in [6.07, 6.45) is 0. The van der Waals surface area contributed by atoms with Gasteiger partial charge in [-0.15, -0.1) is 0 Å².